The third-order valence-electron chi connectivity index (χ3n) is 2.60. The van der Waals surface area contributed by atoms with Crippen LogP contribution in [0.5, 0.6) is 0 Å². The molecule has 1 aromatic carbocycles. The zero-order valence-corrected chi connectivity index (χ0v) is 8.52. The van der Waals surface area contributed by atoms with Crippen molar-refractivity contribution in [1.82, 2.24) is 10.4 Å². The molecule has 0 aliphatic carbocycles. The van der Waals surface area contributed by atoms with Crippen molar-refractivity contribution in [2.75, 3.05) is 31.1 Å². The summed E-state index contributed by atoms with van der Waals surface area (Å²) in [6.07, 6.45) is 1.70. The Hall–Kier alpha value is -1.55. The van der Waals surface area contributed by atoms with E-state index in [0.717, 1.165) is 26.2 Å². The van der Waals surface area contributed by atoms with E-state index in [4.69, 9.17) is 0 Å². The summed E-state index contributed by atoms with van der Waals surface area (Å²) in [5.74, 6) is 0. The van der Waals surface area contributed by atoms with Crippen molar-refractivity contribution in [2.24, 2.45) is 0 Å². The van der Waals surface area contributed by atoms with Gasteiger partial charge in [0.2, 0.25) is 0 Å². The summed E-state index contributed by atoms with van der Waals surface area (Å²) in [7, 11) is 0. The zero-order chi connectivity index (χ0) is 10.5. The first-order chi connectivity index (χ1) is 7.40. The van der Waals surface area contributed by atoms with Crippen LogP contribution in [-0.2, 0) is 4.79 Å². The molecule has 4 nitrogen and oxygen atoms in total. The van der Waals surface area contributed by atoms with Crippen molar-refractivity contribution in [1.29, 1.82) is 0 Å². The van der Waals surface area contributed by atoms with E-state index in [-0.39, 0.29) is 0 Å². The lowest BCUT2D eigenvalue weighted by Crippen LogP contribution is -2.51. The zero-order valence-electron chi connectivity index (χ0n) is 8.52. The number of nitrogens with zero attached hydrogens (tertiary/aromatic N) is 2. The molecule has 0 atom stereocenters. The van der Waals surface area contributed by atoms with Gasteiger partial charge in [0.25, 0.3) is 0 Å². The fourth-order valence-electron chi connectivity index (χ4n) is 1.78. The van der Waals surface area contributed by atoms with Gasteiger partial charge in [-0.3, -0.25) is 10.2 Å². The molecule has 15 heavy (non-hydrogen) atoms. The van der Waals surface area contributed by atoms with Crippen LogP contribution >= 0.6 is 0 Å². The van der Waals surface area contributed by atoms with E-state index in [0.29, 0.717) is 0 Å². The number of nitrogens with one attached hydrogen (secondary N) is 1. The van der Waals surface area contributed by atoms with Crippen LogP contribution in [-0.4, -0.2) is 37.6 Å². The molecule has 0 spiro atoms. The second-order valence-electron chi connectivity index (χ2n) is 3.52. The first-order valence-corrected chi connectivity index (χ1v) is 5.08. The van der Waals surface area contributed by atoms with Crippen LogP contribution in [0.1, 0.15) is 0 Å². The first-order valence-electron chi connectivity index (χ1n) is 5.08. The van der Waals surface area contributed by atoms with Crippen molar-refractivity contribution in [3.63, 3.8) is 0 Å². The van der Waals surface area contributed by atoms with Crippen molar-refractivity contribution >= 4 is 12.1 Å². The third kappa shape index (κ3) is 2.47. The predicted molar refractivity (Wildman–Crippen MR) is 59.1 cm³/mol. The monoisotopic (exact) mass is 204 g/mol. The van der Waals surface area contributed by atoms with E-state index in [9.17, 15) is 4.79 Å². The first kappa shape index (κ1) is 9.98. The van der Waals surface area contributed by atoms with Gasteiger partial charge in [-0.1, -0.05) is 18.2 Å². The molecule has 1 aliphatic rings. The van der Waals surface area contributed by atoms with E-state index in [1.54, 1.807) is 6.41 Å². The summed E-state index contributed by atoms with van der Waals surface area (Å²) in [5.41, 5.74) is 3.80. The molecule has 79 valence electrons. The molecule has 2 rings (SSSR count). The summed E-state index contributed by atoms with van der Waals surface area (Å²) in [4.78, 5) is 12.4. The van der Waals surface area contributed by atoms with Crippen LogP contribution in [0.4, 0.5) is 5.69 Å². The molecular formula is C11H14N3O. The van der Waals surface area contributed by atoms with Gasteiger partial charge in [0.05, 0.1) is 0 Å². The highest BCUT2D eigenvalue weighted by Gasteiger charge is 2.16. The fraction of sp³-hybridized carbons (Fsp3) is 0.364. The highest BCUT2D eigenvalue weighted by Crippen LogP contribution is 2.14. The Kier molecular flexibility index (Phi) is 3.19. The molecule has 0 unspecified atom stereocenters. The number of amides is 1. The van der Waals surface area contributed by atoms with Crippen molar-refractivity contribution < 1.29 is 4.79 Å². The molecule has 1 radical (unpaired) electrons. The maximum Gasteiger partial charge on any atom is 0.324 e. The number of para-hydroxylation sites is 1. The summed E-state index contributed by atoms with van der Waals surface area (Å²) < 4.78 is 0. The molecule has 1 aromatic rings. The smallest absolute Gasteiger partial charge is 0.324 e. The lowest BCUT2D eigenvalue weighted by atomic mass is 10.2. The molecule has 4 heteroatoms. The molecule has 0 saturated carbocycles. The number of hydrazine groups is 1. The molecule has 1 fully saturated rings. The Labute approximate surface area is 89.5 Å². The maximum atomic E-state index is 10.1. The van der Waals surface area contributed by atoms with E-state index in [1.165, 1.54) is 5.69 Å². The van der Waals surface area contributed by atoms with Gasteiger partial charge in [-0.25, -0.2) is 5.01 Å². The van der Waals surface area contributed by atoms with Crippen molar-refractivity contribution in [3.05, 3.63) is 30.3 Å². The van der Waals surface area contributed by atoms with Crippen LogP contribution < -0.4 is 10.3 Å². The standard InChI is InChI=1S/C11H14N3O/c15-10-12-14-8-6-13(7-9-14)11-4-2-1-3-5-11/h1-5H,6-9H2,(H,12,15). The Morgan fingerprint density at radius 1 is 1.07 bits per heavy atom. The Balaban J connectivity index is 1.91. The van der Waals surface area contributed by atoms with E-state index in [2.05, 4.69) is 22.5 Å². The van der Waals surface area contributed by atoms with Crippen LogP contribution in [0.3, 0.4) is 0 Å². The summed E-state index contributed by atoms with van der Waals surface area (Å²) in [6, 6.07) is 10.3. The van der Waals surface area contributed by atoms with Crippen molar-refractivity contribution in [3.8, 4) is 0 Å². The van der Waals surface area contributed by atoms with Crippen LogP contribution in [0.15, 0.2) is 30.3 Å². The number of piperazine rings is 1. The number of rotatable bonds is 3. The third-order valence-corrected chi connectivity index (χ3v) is 2.60. The average molecular weight is 204 g/mol. The SMILES string of the molecule is O=[C]NN1CCN(c2ccccc2)CC1. The lowest BCUT2D eigenvalue weighted by Gasteiger charge is -2.35. The van der Waals surface area contributed by atoms with Gasteiger partial charge >= 0.3 is 6.41 Å². The van der Waals surface area contributed by atoms with Gasteiger partial charge in [-0.05, 0) is 12.1 Å². The van der Waals surface area contributed by atoms with Crippen LogP contribution in [0, 0.1) is 0 Å². The molecule has 0 aromatic heterocycles. The van der Waals surface area contributed by atoms with Gasteiger partial charge in [-0.15, -0.1) is 0 Å². The maximum absolute atomic E-state index is 10.1. The minimum atomic E-state index is 0.837. The second-order valence-corrected chi connectivity index (χ2v) is 3.52. The molecule has 1 heterocycles. The van der Waals surface area contributed by atoms with E-state index in [1.807, 2.05) is 23.2 Å². The summed E-state index contributed by atoms with van der Waals surface area (Å²) in [5, 5.41) is 1.88. The van der Waals surface area contributed by atoms with Gasteiger partial charge in [-0.2, -0.15) is 0 Å². The van der Waals surface area contributed by atoms with Crippen LogP contribution in [0.2, 0.25) is 0 Å². The largest absolute Gasteiger partial charge is 0.369 e. The lowest BCUT2D eigenvalue weighted by molar-refractivity contribution is 0.217. The fourth-order valence-corrected chi connectivity index (χ4v) is 1.78. The number of hydrogen-bond donors (Lipinski definition) is 1. The van der Waals surface area contributed by atoms with Gasteiger partial charge in [0, 0.05) is 31.9 Å². The molecule has 1 saturated heterocycles. The Bertz CT molecular complexity index is 307. The van der Waals surface area contributed by atoms with Gasteiger partial charge in [0.15, 0.2) is 0 Å². The quantitative estimate of drug-likeness (QED) is 0.723. The Morgan fingerprint density at radius 2 is 1.73 bits per heavy atom. The topological polar surface area (TPSA) is 35.6 Å². The number of carbonyl (C=O) groups excluding carboxylic acids is 1. The highest BCUT2D eigenvalue weighted by molar-refractivity contribution is 5.47. The number of anilines is 1. The summed E-state index contributed by atoms with van der Waals surface area (Å²) in [6.45, 7) is 3.53. The minimum absolute atomic E-state index is 0.837. The molecular weight excluding hydrogens is 190 g/mol. The number of hydrogen-bond acceptors (Lipinski definition) is 3. The van der Waals surface area contributed by atoms with Crippen LogP contribution in [0.25, 0.3) is 0 Å². The van der Waals surface area contributed by atoms with E-state index >= 15 is 0 Å². The molecule has 1 aliphatic heterocycles. The predicted octanol–water partition coefficient (Wildman–Crippen LogP) is 0.380. The minimum Gasteiger partial charge on any atom is -0.369 e. The Morgan fingerprint density at radius 3 is 2.33 bits per heavy atom. The normalized spacial score (nSPS) is 17.5. The average Bonchev–Trinajstić information content (AvgIpc) is 2.32. The molecule has 1 amide bonds. The van der Waals surface area contributed by atoms with E-state index < -0.39 is 0 Å². The molecule has 0 bridgehead atoms. The highest BCUT2D eigenvalue weighted by atomic mass is 16.1. The van der Waals surface area contributed by atoms with Gasteiger partial charge < -0.3 is 4.90 Å². The molecule has 1 N–H and O–H groups in total. The summed E-state index contributed by atoms with van der Waals surface area (Å²) >= 11 is 0. The van der Waals surface area contributed by atoms with Gasteiger partial charge in [0.1, 0.15) is 0 Å². The second kappa shape index (κ2) is 4.79. The van der Waals surface area contributed by atoms with Crippen molar-refractivity contribution in [2.45, 2.75) is 0 Å². The number of benzene rings is 1.